The normalized spacial score (nSPS) is 11.1. The van der Waals surface area contributed by atoms with Gasteiger partial charge in [-0.05, 0) is 47.7 Å². The van der Waals surface area contributed by atoms with Gasteiger partial charge in [0.25, 0.3) is 0 Å². The van der Waals surface area contributed by atoms with Crippen molar-refractivity contribution in [3.8, 4) is 0 Å². The summed E-state index contributed by atoms with van der Waals surface area (Å²) in [5.41, 5.74) is 0.303. The number of halogens is 2. The lowest BCUT2D eigenvalue weighted by Gasteiger charge is -2.09. The summed E-state index contributed by atoms with van der Waals surface area (Å²) in [5.74, 6) is -0.880. The Morgan fingerprint density at radius 3 is 2.79 bits per heavy atom. The Morgan fingerprint density at radius 1 is 1.47 bits per heavy atom. The number of benzene rings is 1. The molecule has 5 nitrogen and oxygen atoms in total. The minimum Gasteiger partial charge on any atom is -0.466 e. The Kier molecular flexibility index (Phi) is 6.34. The van der Waals surface area contributed by atoms with Crippen molar-refractivity contribution in [2.75, 3.05) is 17.1 Å². The van der Waals surface area contributed by atoms with Gasteiger partial charge >= 0.3 is 5.97 Å². The van der Waals surface area contributed by atoms with E-state index in [0.717, 1.165) is 3.57 Å². The molecule has 1 N–H and O–H groups in total. The molecule has 1 aromatic rings. The molecule has 0 bridgehead atoms. The number of ether oxygens (including phenoxy) is 1. The van der Waals surface area contributed by atoms with Gasteiger partial charge in [-0.3, -0.25) is 9.52 Å². The zero-order valence-electron chi connectivity index (χ0n) is 10.2. The molecule has 0 atom stereocenters. The molecular formula is C11H13ClINO4S. The highest BCUT2D eigenvalue weighted by atomic mass is 127. The summed E-state index contributed by atoms with van der Waals surface area (Å²) < 4.78 is 31.5. The third kappa shape index (κ3) is 5.96. The molecule has 19 heavy (non-hydrogen) atoms. The number of carbonyl (C=O) groups excluding carboxylic acids is 1. The van der Waals surface area contributed by atoms with Crippen molar-refractivity contribution in [3.05, 3.63) is 26.8 Å². The van der Waals surface area contributed by atoms with Crippen molar-refractivity contribution in [1.82, 2.24) is 0 Å². The number of anilines is 1. The summed E-state index contributed by atoms with van der Waals surface area (Å²) in [4.78, 5) is 11.1. The lowest BCUT2D eigenvalue weighted by atomic mass is 10.3. The molecule has 0 aliphatic carbocycles. The molecule has 0 heterocycles. The summed E-state index contributed by atoms with van der Waals surface area (Å²) in [6, 6.07) is 4.98. The van der Waals surface area contributed by atoms with Crippen LogP contribution in [0, 0.1) is 3.57 Å². The van der Waals surface area contributed by atoms with Crippen LogP contribution in [0.3, 0.4) is 0 Å². The Bertz CT molecular complexity index is 562. The molecule has 0 aromatic heterocycles. The molecule has 1 aromatic carbocycles. The van der Waals surface area contributed by atoms with Gasteiger partial charge in [-0.25, -0.2) is 8.42 Å². The maximum Gasteiger partial charge on any atom is 0.306 e. The lowest BCUT2D eigenvalue weighted by Crippen LogP contribution is -2.20. The van der Waals surface area contributed by atoms with Gasteiger partial charge < -0.3 is 4.74 Å². The molecule has 0 unspecified atom stereocenters. The first-order chi connectivity index (χ1) is 8.84. The van der Waals surface area contributed by atoms with Crippen molar-refractivity contribution in [1.29, 1.82) is 0 Å². The van der Waals surface area contributed by atoms with Crippen LogP contribution in [0.5, 0.6) is 0 Å². The smallest absolute Gasteiger partial charge is 0.306 e. The fourth-order valence-corrected chi connectivity index (χ4v) is 3.00. The number of hydrogen-bond acceptors (Lipinski definition) is 4. The van der Waals surface area contributed by atoms with Gasteiger partial charge in [-0.15, -0.1) is 0 Å². The first-order valence-corrected chi connectivity index (χ1v) is 8.56. The van der Waals surface area contributed by atoms with Crippen LogP contribution in [-0.4, -0.2) is 26.7 Å². The number of hydrogen-bond donors (Lipinski definition) is 1. The van der Waals surface area contributed by atoms with Crippen LogP contribution < -0.4 is 4.72 Å². The molecule has 0 saturated carbocycles. The standard InChI is InChI=1S/C11H13ClINO4S/c1-2-18-11(15)5-6-19(16,17)14-10-7-8(13)3-4-9(10)12/h3-4,7,14H,2,5-6H2,1H3. The van der Waals surface area contributed by atoms with Gasteiger partial charge in [0.1, 0.15) is 0 Å². The Balaban J connectivity index is 2.69. The summed E-state index contributed by atoms with van der Waals surface area (Å²) in [6.45, 7) is 1.89. The second-order valence-electron chi connectivity index (χ2n) is 3.60. The highest BCUT2D eigenvalue weighted by Crippen LogP contribution is 2.24. The molecule has 0 saturated heterocycles. The third-order valence-electron chi connectivity index (χ3n) is 2.07. The fourth-order valence-electron chi connectivity index (χ4n) is 1.25. The lowest BCUT2D eigenvalue weighted by molar-refractivity contribution is -0.142. The van der Waals surface area contributed by atoms with E-state index in [4.69, 9.17) is 11.6 Å². The molecule has 1 rings (SSSR count). The van der Waals surface area contributed by atoms with Gasteiger partial charge in [0.15, 0.2) is 0 Å². The molecule has 0 spiro atoms. The van der Waals surface area contributed by atoms with E-state index in [2.05, 4.69) is 9.46 Å². The zero-order valence-corrected chi connectivity index (χ0v) is 13.9. The van der Waals surface area contributed by atoms with Crippen molar-refractivity contribution < 1.29 is 17.9 Å². The zero-order chi connectivity index (χ0) is 14.5. The molecule has 0 fully saturated rings. The summed E-state index contributed by atoms with van der Waals surface area (Å²) >= 11 is 7.94. The van der Waals surface area contributed by atoms with Crippen LogP contribution in [0.25, 0.3) is 0 Å². The first kappa shape index (κ1) is 16.5. The summed E-state index contributed by atoms with van der Waals surface area (Å²) in [6.07, 6.45) is -0.190. The van der Waals surface area contributed by atoms with Crippen LogP contribution in [0.4, 0.5) is 5.69 Å². The van der Waals surface area contributed by atoms with Crippen LogP contribution in [-0.2, 0) is 19.6 Å². The maximum absolute atomic E-state index is 11.8. The summed E-state index contributed by atoms with van der Waals surface area (Å²) in [7, 11) is -3.63. The van der Waals surface area contributed by atoms with Gasteiger partial charge in [0, 0.05) is 3.57 Å². The minimum absolute atomic E-state index is 0.190. The molecule has 106 valence electrons. The van der Waals surface area contributed by atoms with Crippen molar-refractivity contribution in [2.45, 2.75) is 13.3 Å². The van der Waals surface area contributed by atoms with E-state index < -0.39 is 16.0 Å². The third-order valence-corrected chi connectivity index (χ3v) is 4.35. The van der Waals surface area contributed by atoms with Crippen molar-refractivity contribution in [2.24, 2.45) is 0 Å². The van der Waals surface area contributed by atoms with E-state index in [1.807, 2.05) is 22.6 Å². The van der Waals surface area contributed by atoms with E-state index >= 15 is 0 Å². The number of nitrogens with one attached hydrogen (secondary N) is 1. The van der Waals surface area contributed by atoms with Crippen LogP contribution in [0.2, 0.25) is 5.02 Å². The first-order valence-electron chi connectivity index (χ1n) is 5.45. The number of rotatable bonds is 6. The molecule has 0 radical (unpaired) electrons. The van der Waals surface area contributed by atoms with Crippen LogP contribution in [0.15, 0.2) is 18.2 Å². The van der Waals surface area contributed by atoms with Crippen LogP contribution in [0.1, 0.15) is 13.3 Å². The highest BCUT2D eigenvalue weighted by Gasteiger charge is 2.15. The second-order valence-corrected chi connectivity index (χ2v) is 7.09. The van der Waals surface area contributed by atoms with E-state index in [0.29, 0.717) is 10.7 Å². The maximum atomic E-state index is 11.8. The predicted octanol–water partition coefficient (Wildman–Crippen LogP) is 2.64. The fraction of sp³-hybridized carbons (Fsp3) is 0.364. The summed E-state index contributed by atoms with van der Waals surface area (Å²) in [5, 5.41) is 0.306. The second kappa shape index (κ2) is 7.30. The molecule has 8 heteroatoms. The van der Waals surface area contributed by atoms with Gasteiger partial charge in [0.2, 0.25) is 10.0 Å². The molecule has 0 aliphatic rings. The van der Waals surface area contributed by atoms with Crippen LogP contribution >= 0.6 is 34.2 Å². The minimum atomic E-state index is -3.63. The molecular weight excluding hydrogens is 405 g/mol. The quantitative estimate of drug-likeness (QED) is 0.570. The van der Waals surface area contributed by atoms with Gasteiger partial charge in [-0.2, -0.15) is 0 Å². The number of carbonyl (C=O) groups is 1. The average molecular weight is 418 g/mol. The SMILES string of the molecule is CCOC(=O)CCS(=O)(=O)Nc1cc(I)ccc1Cl. The largest absolute Gasteiger partial charge is 0.466 e. The van der Waals surface area contributed by atoms with Gasteiger partial charge in [0.05, 0.1) is 29.5 Å². The Labute approximate surface area is 130 Å². The highest BCUT2D eigenvalue weighted by molar-refractivity contribution is 14.1. The van der Waals surface area contributed by atoms with E-state index in [-0.39, 0.29) is 18.8 Å². The molecule has 0 aliphatic heterocycles. The Morgan fingerprint density at radius 2 is 2.16 bits per heavy atom. The topological polar surface area (TPSA) is 72.5 Å². The Hall–Kier alpha value is -0.540. The van der Waals surface area contributed by atoms with E-state index in [1.54, 1.807) is 25.1 Å². The monoisotopic (exact) mass is 417 g/mol. The number of esters is 1. The van der Waals surface area contributed by atoms with E-state index in [1.165, 1.54) is 0 Å². The van der Waals surface area contributed by atoms with E-state index in [9.17, 15) is 13.2 Å². The average Bonchev–Trinajstić information content (AvgIpc) is 2.32. The number of sulfonamides is 1. The predicted molar refractivity (Wildman–Crippen MR) is 82.8 cm³/mol. The molecule has 0 amide bonds. The van der Waals surface area contributed by atoms with Crippen molar-refractivity contribution in [3.63, 3.8) is 0 Å². The van der Waals surface area contributed by atoms with Crippen molar-refractivity contribution >= 4 is 55.9 Å². The van der Waals surface area contributed by atoms with Gasteiger partial charge in [-0.1, -0.05) is 11.6 Å².